The van der Waals surface area contributed by atoms with Gasteiger partial charge in [-0.25, -0.2) is 0 Å². The summed E-state index contributed by atoms with van der Waals surface area (Å²) in [5, 5.41) is 3.26. The summed E-state index contributed by atoms with van der Waals surface area (Å²) in [6, 6.07) is 0. The minimum atomic E-state index is 0.931. The van der Waals surface area contributed by atoms with Crippen molar-refractivity contribution in [2.45, 2.75) is 52.4 Å². The molecule has 0 aromatic heterocycles. The molecule has 1 fully saturated rings. The maximum atomic E-state index is 3.26. The Hall–Kier alpha value is -0.0400. The molecule has 1 aliphatic carbocycles. The highest BCUT2D eigenvalue weighted by Gasteiger charge is 2.23. The Bertz CT molecular complexity index is 136. The molecule has 1 rings (SSSR count). The number of nitrogens with one attached hydrogen (secondary N) is 1. The van der Waals surface area contributed by atoms with Crippen molar-refractivity contribution in [3.05, 3.63) is 0 Å². The first-order chi connectivity index (χ1) is 6.77. The van der Waals surface area contributed by atoms with Crippen LogP contribution in [0.5, 0.6) is 0 Å². The van der Waals surface area contributed by atoms with Crippen molar-refractivity contribution < 1.29 is 0 Å². The molecule has 1 aliphatic rings. The van der Waals surface area contributed by atoms with Crippen LogP contribution in [0.4, 0.5) is 0 Å². The van der Waals surface area contributed by atoms with E-state index in [-0.39, 0.29) is 0 Å². The van der Waals surface area contributed by atoms with Crippen LogP contribution in [-0.4, -0.2) is 13.6 Å². The van der Waals surface area contributed by atoms with E-state index in [0.29, 0.717) is 0 Å². The zero-order chi connectivity index (χ0) is 10.4. The van der Waals surface area contributed by atoms with Crippen LogP contribution in [-0.2, 0) is 0 Å². The molecule has 0 saturated heterocycles. The molecule has 0 bridgehead atoms. The molecule has 0 spiro atoms. The van der Waals surface area contributed by atoms with E-state index in [4.69, 9.17) is 0 Å². The van der Waals surface area contributed by atoms with Gasteiger partial charge in [0.25, 0.3) is 0 Å². The van der Waals surface area contributed by atoms with Crippen molar-refractivity contribution >= 4 is 0 Å². The van der Waals surface area contributed by atoms with Gasteiger partial charge in [0.2, 0.25) is 0 Å². The Labute approximate surface area is 89.7 Å². The van der Waals surface area contributed by atoms with Crippen LogP contribution < -0.4 is 5.32 Å². The summed E-state index contributed by atoms with van der Waals surface area (Å²) in [4.78, 5) is 0. The lowest BCUT2D eigenvalue weighted by Gasteiger charge is -2.31. The van der Waals surface area contributed by atoms with E-state index in [2.05, 4.69) is 26.2 Å². The summed E-state index contributed by atoms with van der Waals surface area (Å²) in [5.41, 5.74) is 0. The summed E-state index contributed by atoms with van der Waals surface area (Å²) in [5.74, 6) is 2.99. The van der Waals surface area contributed by atoms with Gasteiger partial charge >= 0.3 is 0 Å². The zero-order valence-corrected chi connectivity index (χ0v) is 10.2. The highest BCUT2D eigenvalue weighted by Crippen LogP contribution is 2.35. The lowest BCUT2D eigenvalue weighted by molar-refractivity contribution is 0.204. The van der Waals surface area contributed by atoms with Gasteiger partial charge < -0.3 is 5.32 Å². The molecule has 1 saturated carbocycles. The third-order valence-electron chi connectivity index (χ3n) is 4.12. The van der Waals surface area contributed by atoms with Gasteiger partial charge in [-0.3, -0.25) is 0 Å². The highest BCUT2D eigenvalue weighted by molar-refractivity contribution is 4.75. The van der Waals surface area contributed by atoms with Gasteiger partial charge in [0.05, 0.1) is 0 Å². The molecule has 0 aromatic rings. The van der Waals surface area contributed by atoms with Crippen molar-refractivity contribution in [1.82, 2.24) is 5.32 Å². The summed E-state index contributed by atoms with van der Waals surface area (Å²) in [6.45, 7) is 5.97. The third kappa shape index (κ3) is 3.61. The second-order valence-electron chi connectivity index (χ2n) is 5.06. The molecule has 0 aliphatic heterocycles. The standard InChI is InChI=1S/C13H27N/c1-4-12-5-7-13(8-6-12)11(2)9-10-14-3/h11-14H,4-10H2,1-3H3. The van der Waals surface area contributed by atoms with E-state index < -0.39 is 0 Å². The molecule has 0 aromatic carbocycles. The molecule has 0 radical (unpaired) electrons. The van der Waals surface area contributed by atoms with E-state index in [9.17, 15) is 0 Å². The lowest BCUT2D eigenvalue weighted by Crippen LogP contribution is -2.22. The Morgan fingerprint density at radius 1 is 1.21 bits per heavy atom. The molecule has 1 nitrogen and oxygen atoms in total. The van der Waals surface area contributed by atoms with Crippen LogP contribution in [0.2, 0.25) is 0 Å². The van der Waals surface area contributed by atoms with E-state index in [1.54, 1.807) is 0 Å². The monoisotopic (exact) mass is 197 g/mol. The second-order valence-corrected chi connectivity index (χ2v) is 5.06. The Kier molecular flexibility index (Phi) is 5.54. The maximum Gasteiger partial charge on any atom is -0.00493 e. The Balaban J connectivity index is 2.19. The first-order valence-electron chi connectivity index (χ1n) is 6.42. The minimum absolute atomic E-state index is 0.931. The fourth-order valence-corrected chi connectivity index (χ4v) is 2.77. The van der Waals surface area contributed by atoms with Crippen molar-refractivity contribution in [2.75, 3.05) is 13.6 Å². The molecule has 1 unspecified atom stereocenters. The lowest BCUT2D eigenvalue weighted by atomic mass is 9.75. The summed E-state index contributed by atoms with van der Waals surface area (Å²) >= 11 is 0. The summed E-state index contributed by atoms with van der Waals surface area (Å²) in [7, 11) is 2.06. The van der Waals surface area contributed by atoms with Crippen molar-refractivity contribution in [3.8, 4) is 0 Å². The highest BCUT2D eigenvalue weighted by atomic mass is 14.8. The van der Waals surface area contributed by atoms with E-state index in [1.807, 2.05) is 0 Å². The largest absolute Gasteiger partial charge is 0.320 e. The Morgan fingerprint density at radius 3 is 2.36 bits per heavy atom. The van der Waals surface area contributed by atoms with Gasteiger partial charge in [-0.2, -0.15) is 0 Å². The summed E-state index contributed by atoms with van der Waals surface area (Å²) < 4.78 is 0. The van der Waals surface area contributed by atoms with Gasteiger partial charge in [0, 0.05) is 0 Å². The molecule has 14 heavy (non-hydrogen) atoms. The second kappa shape index (κ2) is 6.44. The first-order valence-corrected chi connectivity index (χ1v) is 6.42. The minimum Gasteiger partial charge on any atom is -0.320 e. The predicted molar refractivity (Wildman–Crippen MR) is 63.4 cm³/mol. The van der Waals surface area contributed by atoms with Crippen LogP contribution in [0.25, 0.3) is 0 Å². The third-order valence-corrected chi connectivity index (χ3v) is 4.12. The van der Waals surface area contributed by atoms with Crippen LogP contribution in [0.3, 0.4) is 0 Å². The van der Waals surface area contributed by atoms with Crippen molar-refractivity contribution in [3.63, 3.8) is 0 Å². The molecule has 1 heteroatoms. The van der Waals surface area contributed by atoms with Crippen LogP contribution in [0.1, 0.15) is 52.4 Å². The molecule has 84 valence electrons. The molecular weight excluding hydrogens is 170 g/mol. The molecule has 0 amide bonds. The van der Waals surface area contributed by atoms with E-state index in [1.165, 1.54) is 45.1 Å². The average Bonchev–Trinajstić information content (AvgIpc) is 2.26. The zero-order valence-electron chi connectivity index (χ0n) is 10.2. The van der Waals surface area contributed by atoms with Gasteiger partial charge in [0.15, 0.2) is 0 Å². The summed E-state index contributed by atoms with van der Waals surface area (Å²) in [6.07, 6.45) is 8.72. The first kappa shape index (κ1) is 12.0. The van der Waals surface area contributed by atoms with E-state index >= 15 is 0 Å². The fourth-order valence-electron chi connectivity index (χ4n) is 2.77. The topological polar surface area (TPSA) is 12.0 Å². The normalized spacial score (nSPS) is 30.2. The van der Waals surface area contributed by atoms with Gasteiger partial charge in [-0.1, -0.05) is 33.1 Å². The molecule has 1 atom stereocenters. The fraction of sp³-hybridized carbons (Fsp3) is 1.00. The number of rotatable bonds is 5. The van der Waals surface area contributed by atoms with Gasteiger partial charge in [0.1, 0.15) is 0 Å². The molecule has 1 N–H and O–H groups in total. The Morgan fingerprint density at radius 2 is 1.86 bits per heavy atom. The van der Waals surface area contributed by atoms with Crippen LogP contribution >= 0.6 is 0 Å². The van der Waals surface area contributed by atoms with Crippen molar-refractivity contribution in [1.29, 1.82) is 0 Å². The molecular formula is C13H27N. The SMILES string of the molecule is CCC1CCC(C(C)CCNC)CC1. The van der Waals surface area contributed by atoms with Crippen LogP contribution in [0.15, 0.2) is 0 Å². The number of hydrogen-bond donors (Lipinski definition) is 1. The smallest absolute Gasteiger partial charge is 0.00493 e. The van der Waals surface area contributed by atoms with Crippen LogP contribution in [0, 0.1) is 17.8 Å². The molecule has 0 heterocycles. The number of hydrogen-bond acceptors (Lipinski definition) is 1. The van der Waals surface area contributed by atoms with E-state index in [0.717, 1.165) is 17.8 Å². The van der Waals surface area contributed by atoms with Gasteiger partial charge in [-0.15, -0.1) is 0 Å². The quantitative estimate of drug-likeness (QED) is 0.712. The maximum absolute atomic E-state index is 3.26. The predicted octanol–water partition coefficient (Wildman–Crippen LogP) is 3.45. The average molecular weight is 197 g/mol. The van der Waals surface area contributed by atoms with Crippen molar-refractivity contribution in [2.24, 2.45) is 17.8 Å². The van der Waals surface area contributed by atoms with Gasteiger partial charge in [-0.05, 0) is 50.6 Å².